The second kappa shape index (κ2) is 10.3. The Bertz CT molecular complexity index is 701. The van der Waals surface area contributed by atoms with Gasteiger partial charge in [0.1, 0.15) is 0 Å². The number of para-hydroxylation sites is 1. The number of anilines is 1. The van der Waals surface area contributed by atoms with Gasteiger partial charge in [-0.05, 0) is 36.3 Å². The largest absolute Gasteiger partial charge is 0.356 e. The van der Waals surface area contributed by atoms with Gasteiger partial charge in [-0.25, -0.2) is 8.42 Å². The summed E-state index contributed by atoms with van der Waals surface area (Å²) in [6.45, 7) is 3.68. The maximum absolute atomic E-state index is 11.5. The maximum Gasteiger partial charge on any atom is 0.229 e. The third kappa shape index (κ3) is 6.94. The van der Waals surface area contributed by atoms with E-state index in [0.29, 0.717) is 17.6 Å². The average Bonchev–Trinajstić information content (AvgIpc) is 3.04. The quantitative estimate of drug-likeness (QED) is 0.309. The molecule has 0 unspecified atom stereocenters. The van der Waals surface area contributed by atoms with E-state index in [2.05, 4.69) is 27.3 Å². The zero-order valence-electron chi connectivity index (χ0n) is 15.8. The van der Waals surface area contributed by atoms with Crippen molar-refractivity contribution in [1.29, 1.82) is 0 Å². The van der Waals surface area contributed by atoms with E-state index < -0.39 is 10.0 Å². The molecule has 8 heteroatoms. The first kappa shape index (κ1) is 23.0. The van der Waals surface area contributed by atoms with Gasteiger partial charge in [-0.3, -0.25) is 9.71 Å². The third-order valence-corrected chi connectivity index (χ3v) is 5.62. The molecule has 0 aromatic heterocycles. The van der Waals surface area contributed by atoms with E-state index in [9.17, 15) is 8.42 Å². The number of nitrogens with zero attached hydrogens (tertiary/aromatic N) is 1. The molecule has 1 aromatic rings. The lowest BCUT2D eigenvalue weighted by Gasteiger charge is -2.28. The number of nitrogens with one attached hydrogen (secondary N) is 3. The Balaban J connectivity index is 0.00000338. The first-order valence-electron chi connectivity index (χ1n) is 8.88. The van der Waals surface area contributed by atoms with Gasteiger partial charge in [0.15, 0.2) is 5.96 Å². The van der Waals surface area contributed by atoms with E-state index in [4.69, 9.17) is 0 Å². The normalized spacial score (nSPS) is 16.7. The first-order valence-corrected chi connectivity index (χ1v) is 10.8. The molecule has 0 spiro atoms. The fourth-order valence-electron chi connectivity index (χ4n) is 3.42. The molecule has 0 bridgehead atoms. The van der Waals surface area contributed by atoms with Gasteiger partial charge in [0, 0.05) is 20.1 Å². The first-order chi connectivity index (χ1) is 11.9. The topological polar surface area (TPSA) is 82.6 Å². The Kier molecular flexibility index (Phi) is 9.15. The molecule has 3 N–H and O–H groups in total. The molecule has 0 saturated heterocycles. The minimum absolute atomic E-state index is 0. The number of hydrogen-bond donors (Lipinski definition) is 3. The molecule has 2 rings (SSSR count). The fraction of sp³-hybridized carbons (Fsp3) is 0.611. The van der Waals surface area contributed by atoms with E-state index in [1.165, 1.54) is 32.1 Å². The van der Waals surface area contributed by atoms with Gasteiger partial charge < -0.3 is 10.6 Å². The van der Waals surface area contributed by atoms with Gasteiger partial charge in [-0.15, -0.1) is 24.0 Å². The number of rotatable bonds is 7. The summed E-state index contributed by atoms with van der Waals surface area (Å²) in [6.07, 6.45) is 7.50. The van der Waals surface area contributed by atoms with Crippen molar-refractivity contribution in [2.75, 3.05) is 24.6 Å². The van der Waals surface area contributed by atoms with Gasteiger partial charge in [0.2, 0.25) is 10.0 Å². The third-order valence-electron chi connectivity index (χ3n) is 5.03. The fourth-order valence-corrected chi connectivity index (χ4v) is 4.02. The summed E-state index contributed by atoms with van der Waals surface area (Å²) >= 11 is 0. The van der Waals surface area contributed by atoms with Crippen molar-refractivity contribution < 1.29 is 8.42 Å². The molecule has 0 atom stereocenters. The molecular formula is C18H31IN4O2S. The van der Waals surface area contributed by atoms with Crippen molar-refractivity contribution in [3.05, 3.63) is 29.8 Å². The number of benzene rings is 1. The predicted octanol–water partition coefficient (Wildman–Crippen LogP) is 3.31. The molecule has 26 heavy (non-hydrogen) atoms. The summed E-state index contributed by atoms with van der Waals surface area (Å²) in [6, 6.07) is 7.37. The van der Waals surface area contributed by atoms with Crippen molar-refractivity contribution in [2.45, 2.75) is 45.6 Å². The molecule has 1 aliphatic rings. The number of guanidine groups is 1. The Labute approximate surface area is 174 Å². The van der Waals surface area contributed by atoms with E-state index in [-0.39, 0.29) is 24.0 Å². The molecular weight excluding hydrogens is 463 g/mol. The van der Waals surface area contributed by atoms with Crippen molar-refractivity contribution in [2.24, 2.45) is 10.4 Å². The van der Waals surface area contributed by atoms with Crippen LogP contribution in [0, 0.1) is 5.41 Å². The molecule has 6 nitrogen and oxygen atoms in total. The second-order valence-electron chi connectivity index (χ2n) is 6.87. The highest BCUT2D eigenvalue weighted by Gasteiger charge is 2.31. The van der Waals surface area contributed by atoms with Crippen LogP contribution in [0.4, 0.5) is 5.69 Å². The van der Waals surface area contributed by atoms with Crippen LogP contribution in [0.1, 0.15) is 44.6 Å². The zero-order chi connectivity index (χ0) is 18.3. The highest BCUT2D eigenvalue weighted by Crippen LogP contribution is 2.40. The van der Waals surface area contributed by atoms with Crippen LogP contribution < -0.4 is 15.4 Å². The van der Waals surface area contributed by atoms with Gasteiger partial charge >= 0.3 is 0 Å². The molecule has 1 saturated carbocycles. The number of sulfonamides is 1. The number of halogens is 1. The highest BCUT2D eigenvalue weighted by molar-refractivity contribution is 14.0. The van der Waals surface area contributed by atoms with Crippen LogP contribution in [-0.4, -0.2) is 34.2 Å². The molecule has 1 aromatic carbocycles. The van der Waals surface area contributed by atoms with Crippen LogP contribution in [0.25, 0.3) is 0 Å². The van der Waals surface area contributed by atoms with Crippen LogP contribution in [0.2, 0.25) is 0 Å². The predicted molar refractivity (Wildman–Crippen MR) is 120 cm³/mol. The Morgan fingerprint density at radius 3 is 2.42 bits per heavy atom. The Morgan fingerprint density at radius 2 is 1.85 bits per heavy atom. The summed E-state index contributed by atoms with van der Waals surface area (Å²) < 4.78 is 25.6. The van der Waals surface area contributed by atoms with Gasteiger partial charge in [0.05, 0.1) is 11.9 Å². The van der Waals surface area contributed by atoms with E-state index in [1.54, 1.807) is 13.1 Å². The lowest BCUT2D eigenvalue weighted by atomic mass is 9.83. The van der Waals surface area contributed by atoms with Crippen molar-refractivity contribution >= 4 is 45.6 Å². The summed E-state index contributed by atoms with van der Waals surface area (Å²) in [5, 5.41) is 6.72. The van der Waals surface area contributed by atoms with Crippen molar-refractivity contribution in [1.82, 2.24) is 10.6 Å². The van der Waals surface area contributed by atoms with Crippen molar-refractivity contribution in [3.8, 4) is 0 Å². The lowest BCUT2D eigenvalue weighted by molar-refractivity contribution is 0.283. The molecule has 0 heterocycles. The van der Waals surface area contributed by atoms with Crippen LogP contribution in [0.5, 0.6) is 0 Å². The van der Waals surface area contributed by atoms with Crippen molar-refractivity contribution in [3.63, 3.8) is 0 Å². The van der Waals surface area contributed by atoms with E-state index in [1.807, 2.05) is 18.2 Å². The Hall–Kier alpha value is -1.03. The number of hydrogen-bond acceptors (Lipinski definition) is 3. The standard InChI is InChI=1S/C18H30N4O2S.HI/c1-4-18(11-7-8-12-18)14-21-17(19-2)20-13-15-9-5-6-10-16(15)22-25(3,23)24;/h5-6,9-10,22H,4,7-8,11-14H2,1-3H3,(H2,19,20,21);1H. The highest BCUT2D eigenvalue weighted by atomic mass is 127. The molecule has 148 valence electrons. The molecule has 1 aliphatic carbocycles. The van der Waals surface area contributed by atoms with Crippen LogP contribution in [0.3, 0.4) is 0 Å². The Morgan fingerprint density at radius 1 is 1.19 bits per heavy atom. The average molecular weight is 494 g/mol. The lowest BCUT2D eigenvalue weighted by Crippen LogP contribution is -2.42. The molecule has 1 fully saturated rings. The second-order valence-corrected chi connectivity index (χ2v) is 8.62. The van der Waals surface area contributed by atoms with Gasteiger partial charge in [-0.1, -0.05) is 38.0 Å². The molecule has 0 aliphatic heterocycles. The summed E-state index contributed by atoms with van der Waals surface area (Å²) in [5.74, 6) is 0.744. The minimum atomic E-state index is -3.30. The molecule has 0 amide bonds. The maximum atomic E-state index is 11.5. The van der Waals surface area contributed by atoms with Crippen LogP contribution in [-0.2, 0) is 16.6 Å². The monoisotopic (exact) mass is 494 g/mol. The zero-order valence-corrected chi connectivity index (χ0v) is 19.0. The summed E-state index contributed by atoms with van der Waals surface area (Å²) in [4.78, 5) is 4.29. The van der Waals surface area contributed by atoms with E-state index in [0.717, 1.165) is 24.3 Å². The SMILES string of the molecule is CCC1(CNC(=NC)NCc2ccccc2NS(C)(=O)=O)CCCC1.I. The minimum Gasteiger partial charge on any atom is -0.356 e. The van der Waals surface area contributed by atoms with E-state index >= 15 is 0 Å². The van der Waals surface area contributed by atoms with Crippen LogP contribution >= 0.6 is 24.0 Å². The number of aliphatic imine (C=N–C) groups is 1. The summed E-state index contributed by atoms with van der Waals surface area (Å²) in [7, 11) is -1.55. The van der Waals surface area contributed by atoms with Gasteiger partial charge in [-0.2, -0.15) is 0 Å². The smallest absolute Gasteiger partial charge is 0.229 e. The van der Waals surface area contributed by atoms with Gasteiger partial charge in [0.25, 0.3) is 0 Å². The van der Waals surface area contributed by atoms with Crippen LogP contribution in [0.15, 0.2) is 29.3 Å². The molecule has 0 radical (unpaired) electrons. The summed E-state index contributed by atoms with van der Waals surface area (Å²) in [5.41, 5.74) is 1.85.